The lowest BCUT2D eigenvalue weighted by Gasteiger charge is -2.10. The predicted molar refractivity (Wildman–Crippen MR) is 67.1 cm³/mol. The van der Waals surface area contributed by atoms with Crippen LogP contribution in [-0.4, -0.2) is 17.1 Å². The van der Waals surface area contributed by atoms with E-state index in [2.05, 4.69) is 9.97 Å². The molecule has 0 fully saturated rings. The van der Waals surface area contributed by atoms with Crippen LogP contribution in [0.1, 0.15) is 5.82 Å². The second-order valence-corrected chi connectivity index (χ2v) is 3.68. The fourth-order valence-electron chi connectivity index (χ4n) is 1.49. The highest BCUT2D eigenvalue weighted by atomic mass is 16.5. The van der Waals surface area contributed by atoms with Crippen LogP contribution in [-0.2, 0) is 0 Å². The Kier molecular flexibility index (Phi) is 3.18. The summed E-state index contributed by atoms with van der Waals surface area (Å²) in [5, 5.41) is 0. The molecule has 0 saturated heterocycles. The van der Waals surface area contributed by atoms with Crippen molar-refractivity contribution in [2.45, 2.75) is 6.92 Å². The fraction of sp³-hybridized carbons (Fsp3) is 0.167. The third kappa shape index (κ3) is 2.60. The van der Waals surface area contributed by atoms with E-state index >= 15 is 0 Å². The van der Waals surface area contributed by atoms with Gasteiger partial charge in [0.2, 0.25) is 5.88 Å². The van der Waals surface area contributed by atoms with Crippen LogP contribution in [0.3, 0.4) is 0 Å². The van der Waals surface area contributed by atoms with Gasteiger partial charge < -0.3 is 20.2 Å². The maximum Gasteiger partial charge on any atom is 0.254 e. The second kappa shape index (κ2) is 4.79. The highest BCUT2D eigenvalue weighted by Crippen LogP contribution is 2.31. The Morgan fingerprint density at radius 3 is 2.72 bits per heavy atom. The average Bonchev–Trinajstić information content (AvgIpc) is 2.30. The van der Waals surface area contributed by atoms with E-state index in [1.165, 1.54) is 13.2 Å². The zero-order valence-corrected chi connectivity index (χ0v) is 10.1. The second-order valence-electron chi connectivity index (χ2n) is 3.68. The van der Waals surface area contributed by atoms with Crippen molar-refractivity contribution >= 4 is 5.69 Å². The number of H-pyrrole nitrogens is 1. The van der Waals surface area contributed by atoms with E-state index in [-0.39, 0.29) is 11.4 Å². The number of methoxy groups -OCH3 is 1. The van der Waals surface area contributed by atoms with Crippen molar-refractivity contribution in [3.05, 3.63) is 40.4 Å². The Hall–Kier alpha value is -2.50. The number of aromatic amines is 1. The lowest BCUT2D eigenvalue weighted by molar-refractivity contribution is 0.373. The van der Waals surface area contributed by atoms with E-state index in [0.29, 0.717) is 23.0 Å². The van der Waals surface area contributed by atoms with Crippen molar-refractivity contribution in [1.29, 1.82) is 0 Å². The molecule has 94 valence electrons. The molecule has 0 aliphatic carbocycles. The van der Waals surface area contributed by atoms with Crippen molar-refractivity contribution in [3.8, 4) is 17.4 Å². The molecule has 2 aromatic rings. The number of rotatable bonds is 3. The van der Waals surface area contributed by atoms with Gasteiger partial charge in [-0.3, -0.25) is 4.79 Å². The minimum Gasteiger partial charge on any atom is -0.493 e. The van der Waals surface area contributed by atoms with E-state index in [9.17, 15) is 4.79 Å². The number of aromatic nitrogens is 2. The largest absolute Gasteiger partial charge is 0.493 e. The van der Waals surface area contributed by atoms with Crippen LogP contribution in [0.15, 0.2) is 29.1 Å². The molecule has 0 atom stereocenters. The first-order valence-corrected chi connectivity index (χ1v) is 5.28. The molecule has 0 spiro atoms. The van der Waals surface area contributed by atoms with E-state index in [1.54, 1.807) is 25.1 Å². The third-order valence-corrected chi connectivity index (χ3v) is 2.24. The van der Waals surface area contributed by atoms with E-state index in [0.717, 1.165) is 0 Å². The first-order chi connectivity index (χ1) is 8.58. The highest BCUT2D eigenvalue weighted by molar-refractivity contribution is 5.52. The molecule has 2 rings (SSSR count). The summed E-state index contributed by atoms with van der Waals surface area (Å²) in [6.07, 6.45) is 0. The van der Waals surface area contributed by atoms with Crippen LogP contribution in [0.5, 0.6) is 17.4 Å². The molecule has 6 heteroatoms. The van der Waals surface area contributed by atoms with Crippen LogP contribution < -0.4 is 20.8 Å². The molecule has 0 aliphatic rings. The standard InChI is InChI=1S/C12H13N3O3/c1-7-14-11(16)6-12(15-7)18-9-4-3-8(13)5-10(9)17-2/h3-6H,13H2,1-2H3,(H,14,15,16). The lowest BCUT2D eigenvalue weighted by Crippen LogP contribution is -2.08. The van der Waals surface area contributed by atoms with Gasteiger partial charge in [-0.15, -0.1) is 0 Å². The Morgan fingerprint density at radius 1 is 1.28 bits per heavy atom. The number of ether oxygens (including phenoxy) is 2. The number of nitrogens with zero attached hydrogens (tertiary/aromatic N) is 1. The molecule has 1 heterocycles. The number of hydrogen-bond donors (Lipinski definition) is 2. The van der Waals surface area contributed by atoms with Crippen molar-refractivity contribution in [2.24, 2.45) is 0 Å². The quantitative estimate of drug-likeness (QED) is 0.801. The molecule has 6 nitrogen and oxygen atoms in total. The molecule has 0 aliphatic heterocycles. The van der Waals surface area contributed by atoms with Crippen LogP contribution in [0, 0.1) is 6.92 Å². The maximum atomic E-state index is 11.3. The third-order valence-electron chi connectivity index (χ3n) is 2.24. The molecule has 3 N–H and O–H groups in total. The van der Waals surface area contributed by atoms with Gasteiger partial charge in [-0.05, 0) is 19.1 Å². The van der Waals surface area contributed by atoms with Gasteiger partial charge in [0.25, 0.3) is 5.56 Å². The van der Waals surface area contributed by atoms with Gasteiger partial charge in [0.15, 0.2) is 11.5 Å². The zero-order valence-electron chi connectivity index (χ0n) is 10.1. The molecular weight excluding hydrogens is 234 g/mol. The molecule has 1 aromatic carbocycles. The number of aryl methyl sites for hydroxylation is 1. The molecule has 0 bridgehead atoms. The van der Waals surface area contributed by atoms with Gasteiger partial charge in [-0.2, -0.15) is 0 Å². The minimum atomic E-state index is -0.271. The predicted octanol–water partition coefficient (Wildman–Crippen LogP) is 1.46. The first kappa shape index (κ1) is 12.0. The van der Waals surface area contributed by atoms with Gasteiger partial charge in [-0.25, -0.2) is 4.98 Å². The normalized spacial score (nSPS) is 10.1. The molecular formula is C12H13N3O3. The molecule has 0 amide bonds. The summed E-state index contributed by atoms with van der Waals surface area (Å²) < 4.78 is 10.6. The SMILES string of the molecule is COc1cc(N)ccc1Oc1cc(=O)[nH]c(C)n1. The minimum absolute atomic E-state index is 0.208. The molecule has 0 unspecified atom stereocenters. The molecule has 0 saturated carbocycles. The smallest absolute Gasteiger partial charge is 0.254 e. The monoisotopic (exact) mass is 247 g/mol. The average molecular weight is 247 g/mol. The fourth-order valence-corrected chi connectivity index (χ4v) is 1.49. The Balaban J connectivity index is 2.36. The number of benzene rings is 1. The summed E-state index contributed by atoms with van der Waals surface area (Å²) in [5.74, 6) is 1.62. The van der Waals surface area contributed by atoms with Gasteiger partial charge in [0.05, 0.1) is 13.2 Å². The van der Waals surface area contributed by atoms with Crippen molar-refractivity contribution < 1.29 is 9.47 Å². The van der Waals surface area contributed by atoms with Gasteiger partial charge in [0, 0.05) is 11.8 Å². The van der Waals surface area contributed by atoms with Crippen LogP contribution in [0.4, 0.5) is 5.69 Å². The zero-order chi connectivity index (χ0) is 13.1. The van der Waals surface area contributed by atoms with Crippen molar-refractivity contribution in [1.82, 2.24) is 9.97 Å². The van der Waals surface area contributed by atoms with Crippen molar-refractivity contribution in [3.63, 3.8) is 0 Å². The molecule has 1 aromatic heterocycles. The summed E-state index contributed by atoms with van der Waals surface area (Å²) in [4.78, 5) is 17.9. The Morgan fingerprint density at radius 2 is 2.06 bits per heavy atom. The number of nitrogens with one attached hydrogen (secondary N) is 1. The lowest BCUT2D eigenvalue weighted by atomic mass is 10.3. The summed E-state index contributed by atoms with van der Waals surface area (Å²) >= 11 is 0. The summed E-state index contributed by atoms with van der Waals surface area (Å²) in [7, 11) is 1.51. The van der Waals surface area contributed by atoms with E-state index < -0.39 is 0 Å². The summed E-state index contributed by atoms with van der Waals surface area (Å²) in [6.45, 7) is 1.68. The molecule has 0 radical (unpaired) electrons. The van der Waals surface area contributed by atoms with Crippen LogP contribution in [0.2, 0.25) is 0 Å². The van der Waals surface area contributed by atoms with Crippen molar-refractivity contribution in [2.75, 3.05) is 12.8 Å². The topological polar surface area (TPSA) is 90.2 Å². The molecule has 18 heavy (non-hydrogen) atoms. The Labute approximate surface area is 103 Å². The van der Waals surface area contributed by atoms with Crippen LogP contribution in [0.25, 0.3) is 0 Å². The number of hydrogen-bond acceptors (Lipinski definition) is 5. The maximum absolute atomic E-state index is 11.3. The number of anilines is 1. The Bertz CT molecular complexity index is 622. The number of nitrogen functional groups attached to an aromatic ring is 1. The van der Waals surface area contributed by atoms with Crippen LogP contribution >= 0.6 is 0 Å². The van der Waals surface area contributed by atoms with E-state index in [4.69, 9.17) is 15.2 Å². The summed E-state index contributed by atoms with van der Waals surface area (Å²) in [5.41, 5.74) is 5.93. The highest BCUT2D eigenvalue weighted by Gasteiger charge is 2.07. The van der Waals surface area contributed by atoms with Gasteiger partial charge in [0.1, 0.15) is 5.82 Å². The van der Waals surface area contributed by atoms with Gasteiger partial charge in [-0.1, -0.05) is 0 Å². The first-order valence-electron chi connectivity index (χ1n) is 5.28. The van der Waals surface area contributed by atoms with Gasteiger partial charge >= 0.3 is 0 Å². The number of nitrogens with two attached hydrogens (primary N) is 1. The summed E-state index contributed by atoms with van der Waals surface area (Å²) in [6, 6.07) is 6.24. The van der Waals surface area contributed by atoms with E-state index in [1.807, 2.05) is 0 Å².